The van der Waals surface area contributed by atoms with Crippen LogP contribution in [0.1, 0.15) is 129 Å². The van der Waals surface area contributed by atoms with Crippen molar-refractivity contribution in [2.45, 2.75) is 130 Å². The van der Waals surface area contributed by atoms with Gasteiger partial charge in [-0.1, -0.05) is 93.7 Å². The van der Waals surface area contributed by atoms with Crippen molar-refractivity contribution in [1.82, 2.24) is 0 Å². The van der Waals surface area contributed by atoms with Crippen LogP contribution in [-0.4, -0.2) is 34.0 Å². The fourth-order valence-corrected chi connectivity index (χ4v) is 6.93. The van der Waals surface area contributed by atoms with Crippen LogP contribution in [0.15, 0.2) is 63.4 Å². The van der Waals surface area contributed by atoms with E-state index in [9.17, 15) is 19.8 Å². The molecule has 1 aromatic heterocycles. The maximum atomic E-state index is 12.9. The summed E-state index contributed by atoms with van der Waals surface area (Å²) in [5.74, 6) is 1.01. The van der Waals surface area contributed by atoms with Gasteiger partial charge in [0.2, 0.25) is 0 Å². The summed E-state index contributed by atoms with van der Waals surface area (Å²) in [7, 11) is 1.52. The second-order valence-corrected chi connectivity index (χ2v) is 14.9. The summed E-state index contributed by atoms with van der Waals surface area (Å²) in [6, 6.07) is 5.99. The number of ether oxygens (including phenoxy) is 2. The lowest BCUT2D eigenvalue weighted by Crippen LogP contribution is -2.28. The Morgan fingerprint density at radius 2 is 1.60 bits per heavy atom. The average molecular weight is 715 g/mol. The minimum Gasteiger partial charge on any atom is -0.508 e. The Balaban J connectivity index is 0.000000261. The van der Waals surface area contributed by atoms with E-state index in [-0.39, 0.29) is 22.6 Å². The lowest BCUT2D eigenvalue weighted by molar-refractivity contribution is -0.137. The van der Waals surface area contributed by atoms with Gasteiger partial charge in [0.05, 0.1) is 12.7 Å². The molecule has 3 aromatic rings. The van der Waals surface area contributed by atoms with Crippen molar-refractivity contribution in [2.24, 2.45) is 5.92 Å². The molecule has 0 amide bonds. The fraction of sp³-hybridized carbons (Fsp3) is 0.500. The molecule has 3 N–H and O–H groups in total. The number of allylic oxidation sites excluding steroid dienone is 4. The van der Waals surface area contributed by atoms with Gasteiger partial charge in [0.25, 0.3) is 0 Å². The molecule has 8 heteroatoms. The average Bonchev–Trinajstić information content (AvgIpc) is 3.62. The van der Waals surface area contributed by atoms with Gasteiger partial charge in [0, 0.05) is 12.0 Å². The predicted molar refractivity (Wildman–Crippen MR) is 210 cm³/mol. The van der Waals surface area contributed by atoms with Crippen molar-refractivity contribution in [3.8, 4) is 34.1 Å². The van der Waals surface area contributed by atoms with Gasteiger partial charge in [0.1, 0.15) is 39.5 Å². The number of rotatable bonds is 17. The summed E-state index contributed by atoms with van der Waals surface area (Å²) in [4.78, 5) is 23.3. The number of carbonyl (C=O) groups is 1. The third-order valence-corrected chi connectivity index (χ3v) is 9.78. The molecule has 1 atom stereocenters. The number of aromatic hydroxyl groups is 2. The van der Waals surface area contributed by atoms with E-state index in [0.29, 0.717) is 40.9 Å². The molecule has 52 heavy (non-hydrogen) atoms. The first-order chi connectivity index (χ1) is 24.9. The zero-order valence-electron chi connectivity index (χ0n) is 31.8. The van der Waals surface area contributed by atoms with Gasteiger partial charge in [-0.15, -0.1) is 0 Å². The number of hydrogen-bond acceptors (Lipinski definition) is 7. The van der Waals surface area contributed by atoms with E-state index < -0.39 is 17.2 Å². The molecular formula is C44H58O8. The first-order valence-electron chi connectivity index (χ1n) is 19.0. The van der Waals surface area contributed by atoms with Crippen LogP contribution in [0.25, 0.3) is 28.2 Å². The van der Waals surface area contributed by atoms with Gasteiger partial charge in [-0.3, -0.25) is 4.79 Å². The Labute approximate surface area is 308 Å². The number of fused-ring (bicyclic) bond motifs is 3. The Kier molecular flexibility index (Phi) is 15.0. The third kappa shape index (κ3) is 11.3. The molecule has 5 rings (SSSR count). The summed E-state index contributed by atoms with van der Waals surface area (Å²) < 4.78 is 17.8. The maximum absolute atomic E-state index is 12.9. The zero-order valence-corrected chi connectivity index (χ0v) is 31.8. The Hall–Kier alpha value is -4.46. The van der Waals surface area contributed by atoms with Crippen molar-refractivity contribution in [3.63, 3.8) is 0 Å². The van der Waals surface area contributed by atoms with Crippen molar-refractivity contribution >= 4 is 23.0 Å². The first-order valence-corrected chi connectivity index (χ1v) is 19.0. The normalized spacial score (nSPS) is 15.4. The highest BCUT2D eigenvalue weighted by atomic mass is 16.5. The van der Waals surface area contributed by atoms with E-state index in [2.05, 4.69) is 18.2 Å². The van der Waals surface area contributed by atoms with Crippen molar-refractivity contribution < 1.29 is 34.0 Å². The number of phenolic OH excluding ortho intramolecular Hbond substituents is 1. The van der Waals surface area contributed by atoms with Crippen LogP contribution >= 0.6 is 0 Å². The van der Waals surface area contributed by atoms with Gasteiger partial charge >= 0.3 is 11.6 Å². The summed E-state index contributed by atoms with van der Waals surface area (Å²) in [6.07, 6.45) is 28.2. The highest BCUT2D eigenvalue weighted by Gasteiger charge is 2.32. The minimum atomic E-state index is -0.694. The van der Waals surface area contributed by atoms with Crippen LogP contribution in [0.3, 0.4) is 0 Å². The first kappa shape index (κ1) is 40.3. The molecule has 2 heterocycles. The molecule has 1 aliphatic carbocycles. The molecule has 2 aliphatic rings. The van der Waals surface area contributed by atoms with Gasteiger partial charge in [-0.25, -0.2) is 4.79 Å². The van der Waals surface area contributed by atoms with E-state index in [1.165, 1.54) is 89.9 Å². The van der Waals surface area contributed by atoms with Crippen molar-refractivity contribution in [1.29, 1.82) is 0 Å². The maximum Gasteiger partial charge on any atom is 0.348 e. The van der Waals surface area contributed by atoms with E-state index >= 15 is 0 Å². The number of carboxylic acids is 1. The monoisotopic (exact) mass is 714 g/mol. The SMILES string of the molecule is COc1c(CC=C(C)C)c2c(c3oc(=O)c(-c4ccc(O)cc4)c(O)c13)C=CC(C)(C)O2.O=C(O)CCCCCCCCCCCCC1C=CCC1. The second-order valence-electron chi connectivity index (χ2n) is 14.9. The van der Waals surface area contributed by atoms with Crippen LogP contribution in [-0.2, 0) is 11.2 Å². The fourth-order valence-electron chi connectivity index (χ4n) is 6.93. The van der Waals surface area contributed by atoms with Gasteiger partial charge in [-0.05, 0) is 95.6 Å². The number of benzene rings is 2. The largest absolute Gasteiger partial charge is 0.508 e. The second kappa shape index (κ2) is 19.4. The number of aliphatic carboxylic acids is 1. The molecule has 0 saturated carbocycles. The summed E-state index contributed by atoms with van der Waals surface area (Å²) in [5, 5.41) is 29.7. The Morgan fingerprint density at radius 1 is 0.962 bits per heavy atom. The number of carboxylic acid groups (broad SMARTS) is 1. The van der Waals surface area contributed by atoms with Gasteiger partial charge in [-0.2, -0.15) is 0 Å². The molecule has 0 radical (unpaired) electrons. The lowest BCUT2D eigenvalue weighted by atomic mass is 9.93. The quantitative estimate of drug-likeness (QED) is 0.0716. The van der Waals surface area contributed by atoms with E-state index in [4.69, 9.17) is 19.0 Å². The minimum absolute atomic E-state index is 0.00458. The molecule has 0 bridgehead atoms. The zero-order chi connectivity index (χ0) is 37.7. The number of unbranched alkanes of at least 4 members (excludes halogenated alkanes) is 9. The molecule has 1 unspecified atom stereocenters. The Bertz CT molecular complexity index is 1790. The lowest BCUT2D eigenvalue weighted by Gasteiger charge is -2.31. The molecule has 282 valence electrons. The molecular weight excluding hydrogens is 656 g/mol. The predicted octanol–water partition coefficient (Wildman–Crippen LogP) is 11.3. The van der Waals surface area contributed by atoms with Gasteiger partial charge < -0.3 is 29.2 Å². The van der Waals surface area contributed by atoms with E-state index in [0.717, 1.165) is 29.9 Å². The molecule has 8 nitrogen and oxygen atoms in total. The number of phenols is 1. The third-order valence-electron chi connectivity index (χ3n) is 9.78. The van der Waals surface area contributed by atoms with Crippen LogP contribution < -0.4 is 15.1 Å². The smallest absolute Gasteiger partial charge is 0.348 e. The van der Waals surface area contributed by atoms with Crippen LogP contribution in [0.5, 0.6) is 23.0 Å². The molecule has 2 aromatic carbocycles. The number of hydrogen-bond donors (Lipinski definition) is 3. The summed E-state index contributed by atoms with van der Waals surface area (Å²) in [6.45, 7) is 7.89. The van der Waals surface area contributed by atoms with Crippen molar-refractivity contribution in [2.75, 3.05) is 7.11 Å². The highest BCUT2D eigenvalue weighted by Crippen LogP contribution is 2.49. The standard InChI is InChI=1S/C26H26O6.C18H32O2/c1-14(2)6-11-17-22-18(12-13-26(3,4)32-22)24-20(23(17)30-5)21(28)19(25(29)31-24)15-7-9-16(27)10-8-15;19-18(20)16-10-8-6-4-2-1-3-5-7-9-13-17-14-11-12-15-17/h6-10,12-13,27-28H,11H2,1-5H3;11,14,17H,1-10,12-13,15-16H2,(H,19,20). The van der Waals surface area contributed by atoms with E-state index in [1.54, 1.807) is 12.1 Å². The van der Waals surface area contributed by atoms with Crippen molar-refractivity contribution in [3.05, 3.63) is 75.7 Å². The van der Waals surface area contributed by atoms with Crippen LogP contribution in [0.2, 0.25) is 0 Å². The molecule has 0 saturated heterocycles. The topological polar surface area (TPSA) is 126 Å². The summed E-state index contributed by atoms with van der Waals surface area (Å²) in [5.41, 5.74) is 1.85. The highest BCUT2D eigenvalue weighted by molar-refractivity contribution is 6.02. The van der Waals surface area contributed by atoms with E-state index in [1.807, 2.05) is 39.8 Å². The van der Waals surface area contributed by atoms with Gasteiger partial charge in [0.15, 0.2) is 5.58 Å². The van der Waals surface area contributed by atoms with Crippen LogP contribution in [0, 0.1) is 5.92 Å². The molecule has 0 spiro atoms. The Morgan fingerprint density at radius 3 is 2.17 bits per heavy atom. The molecule has 1 aliphatic heterocycles. The van der Waals surface area contributed by atoms with Crippen LogP contribution in [0.4, 0.5) is 0 Å². The number of methoxy groups -OCH3 is 1. The summed E-state index contributed by atoms with van der Waals surface area (Å²) >= 11 is 0. The molecule has 0 fully saturated rings.